The minimum atomic E-state index is 0.742. The Balaban J connectivity index is 1.71. The molecule has 1 aliphatic heterocycles. The molecule has 0 fully saturated rings. The molecule has 0 bridgehead atoms. The first-order chi connectivity index (χ1) is 10.2. The number of para-hydroxylation sites is 1. The number of benzene rings is 2. The summed E-state index contributed by atoms with van der Waals surface area (Å²) in [4.78, 5) is 2.32. The highest BCUT2D eigenvalue weighted by Gasteiger charge is 2.14. The van der Waals surface area contributed by atoms with Gasteiger partial charge >= 0.3 is 0 Å². The van der Waals surface area contributed by atoms with Gasteiger partial charge in [0.25, 0.3) is 0 Å². The van der Waals surface area contributed by atoms with E-state index in [1.165, 1.54) is 16.7 Å². The maximum atomic E-state index is 5.84. The first-order valence-electron chi connectivity index (χ1n) is 7.45. The summed E-state index contributed by atoms with van der Waals surface area (Å²) in [6, 6.07) is 15.0. The maximum absolute atomic E-state index is 5.84. The molecule has 3 heteroatoms. The van der Waals surface area contributed by atoms with Gasteiger partial charge in [0.15, 0.2) is 0 Å². The second kappa shape index (κ2) is 6.19. The van der Waals surface area contributed by atoms with Gasteiger partial charge in [-0.3, -0.25) is 4.90 Å². The number of hydrogen-bond acceptors (Lipinski definition) is 3. The SMILES string of the molecule is Cc1cccc(CN(C)Cc2cccc3c2OCCN3)c1. The van der Waals surface area contributed by atoms with Crippen LogP contribution >= 0.6 is 0 Å². The lowest BCUT2D eigenvalue weighted by molar-refractivity contribution is 0.291. The van der Waals surface area contributed by atoms with Gasteiger partial charge in [-0.2, -0.15) is 0 Å². The maximum Gasteiger partial charge on any atom is 0.146 e. The third-order valence-corrected chi connectivity index (χ3v) is 3.74. The van der Waals surface area contributed by atoms with Gasteiger partial charge in [0, 0.05) is 25.2 Å². The summed E-state index contributed by atoms with van der Waals surface area (Å²) in [5.74, 6) is 1.01. The fraction of sp³-hybridized carbons (Fsp3) is 0.333. The van der Waals surface area contributed by atoms with E-state index in [9.17, 15) is 0 Å². The minimum Gasteiger partial charge on any atom is -0.489 e. The number of rotatable bonds is 4. The van der Waals surface area contributed by atoms with Crippen molar-refractivity contribution >= 4 is 5.69 Å². The highest BCUT2D eigenvalue weighted by molar-refractivity contribution is 5.61. The Hall–Kier alpha value is -2.00. The van der Waals surface area contributed by atoms with E-state index in [4.69, 9.17) is 4.74 Å². The summed E-state index contributed by atoms with van der Waals surface area (Å²) in [5.41, 5.74) is 5.02. The third-order valence-electron chi connectivity index (χ3n) is 3.74. The van der Waals surface area contributed by atoms with Crippen molar-refractivity contribution < 1.29 is 4.74 Å². The number of nitrogens with one attached hydrogen (secondary N) is 1. The molecule has 0 amide bonds. The topological polar surface area (TPSA) is 24.5 Å². The molecule has 0 unspecified atom stereocenters. The molecule has 0 radical (unpaired) electrons. The monoisotopic (exact) mass is 282 g/mol. The first kappa shape index (κ1) is 14.0. The number of anilines is 1. The summed E-state index contributed by atoms with van der Waals surface area (Å²) < 4.78 is 5.84. The van der Waals surface area contributed by atoms with Gasteiger partial charge in [-0.15, -0.1) is 0 Å². The van der Waals surface area contributed by atoms with Crippen LogP contribution in [0.4, 0.5) is 5.69 Å². The zero-order chi connectivity index (χ0) is 14.7. The van der Waals surface area contributed by atoms with Crippen LogP contribution in [0, 0.1) is 6.92 Å². The zero-order valence-electron chi connectivity index (χ0n) is 12.7. The fourth-order valence-corrected chi connectivity index (χ4v) is 2.83. The molecule has 0 atom stereocenters. The molecule has 110 valence electrons. The van der Waals surface area contributed by atoms with Crippen LogP contribution in [0.3, 0.4) is 0 Å². The van der Waals surface area contributed by atoms with Crippen molar-refractivity contribution in [3.05, 3.63) is 59.2 Å². The molecule has 0 saturated heterocycles. The fourth-order valence-electron chi connectivity index (χ4n) is 2.83. The highest BCUT2D eigenvalue weighted by atomic mass is 16.5. The van der Waals surface area contributed by atoms with Crippen LogP contribution in [0.2, 0.25) is 0 Å². The Labute approximate surface area is 126 Å². The second-order valence-corrected chi connectivity index (χ2v) is 5.73. The van der Waals surface area contributed by atoms with Crippen LogP contribution in [0.1, 0.15) is 16.7 Å². The second-order valence-electron chi connectivity index (χ2n) is 5.73. The minimum absolute atomic E-state index is 0.742. The van der Waals surface area contributed by atoms with E-state index < -0.39 is 0 Å². The van der Waals surface area contributed by atoms with Crippen LogP contribution in [0.15, 0.2) is 42.5 Å². The number of ether oxygens (including phenoxy) is 1. The summed E-state index contributed by atoms with van der Waals surface area (Å²) in [5, 5.41) is 3.39. The predicted octanol–water partition coefficient (Wildman–Crippen LogP) is 3.43. The zero-order valence-corrected chi connectivity index (χ0v) is 12.7. The number of fused-ring (bicyclic) bond motifs is 1. The smallest absolute Gasteiger partial charge is 0.146 e. The van der Waals surface area contributed by atoms with Crippen molar-refractivity contribution in [1.29, 1.82) is 0 Å². The highest BCUT2D eigenvalue weighted by Crippen LogP contribution is 2.32. The van der Waals surface area contributed by atoms with Crippen LogP contribution in [0.25, 0.3) is 0 Å². The van der Waals surface area contributed by atoms with Gasteiger partial charge in [0.2, 0.25) is 0 Å². The lowest BCUT2D eigenvalue weighted by atomic mass is 10.1. The molecule has 21 heavy (non-hydrogen) atoms. The largest absolute Gasteiger partial charge is 0.489 e. The van der Waals surface area contributed by atoms with Crippen molar-refractivity contribution in [3.63, 3.8) is 0 Å². The Morgan fingerprint density at radius 3 is 2.86 bits per heavy atom. The molecule has 1 heterocycles. The molecule has 1 N–H and O–H groups in total. The molecule has 3 nitrogen and oxygen atoms in total. The molecule has 0 aromatic heterocycles. The molecule has 3 rings (SSSR count). The molecule has 2 aromatic rings. The summed E-state index contributed by atoms with van der Waals surface area (Å²) in [6.45, 7) is 5.59. The molecule has 0 spiro atoms. The molecular weight excluding hydrogens is 260 g/mol. The van der Waals surface area contributed by atoms with Crippen LogP contribution in [-0.4, -0.2) is 25.1 Å². The summed E-state index contributed by atoms with van der Waals surface area (Å²) >= 11 is 0. The van der Waals surface area contributed by atoms with Crippen molar-refractivity contribution in [2.75, 3.05) is 25.5 Å². The lowest BCUT2D eigenvalue weighted by Crippen LogP contribution is -2.22. The summed E-state index contributed by atoms with van der Waals surface area (Å²) in [7, 11) is 2.15. The third kappa shape index (κ3) is 3.37. The van der Waals surface area contributed by atoms with Gasteiger partial charge in [0.05, 0.1) is 5.69 Å². The van der Waals surface area contributed by atoms with E-state index in [2.05, 4.69) is 66.7 Å². The van der Waals surface area contributed by atoms with Crippen molar-refractivity contribution in [2.24, 2.45) is 0 Å². The lowest BCUT2D eigenvalue weighted by Gasteiger charge is -2.24. The molecule has 2 aromatic carbocycles. The van der Waals surface area contributed by atoms with E-state index in [1.54, 1.807) is 0 Å². The van der Waals surface area contributed by atoms with Gasteiger partial charge < -0.3 is 10.1 Å². The predicted molar refractivity (Wildman–Crippen MR) is 86.8 cm³/mol. The van der Waals surface area contributed by atoms with E-state index in [1.807, 2.05) is 0 Å². The van der Waals surface area contributed by atoms with Crippen LogP contribution < -0.4 is 10.1 Å². The van der Waals surface area contributed by atoms with Crippen LogP contribution in [0.5, 0.6) is 5.75 Å². The molecule has 0 aliphatic carbocycles. The van der Waals surface area contributed by atoms with Crippen LogP contribution in [-0.2, 0) is 13.1 Å². The van der Waals surface area contributed by atoms with E-state index >= 15 is 0 Å². The van der Waals surface area contributed by atoms with E-state index in [0.717, 1.165) is 37.7 Å². The summed E-state index contributed by atoms with van der Waals surface area (Å²) in [6.07, 6.45) is 0. The van der Waals surface area contributed by atoms with E-state index in [0.29, 0.717) is 0 Å². The normalized spacial score (nSPS) is 13.5. The van der Waals surface area contributed by atoms with Gasteiger partial charge in [-0.1, -0.05) is 42.0 Å². The molecule has 1 aliphatic rings. The van der Waals surface area contributed by atoms with Crippen molar-refractivity contribution in [1.82, 2.24) is 4.90 Å². The number of aryl methyl sites for hydroxylation is 1. The quantitative estimate of drug-likeness (QED) is 0.930. The Kier molecular flexibility index (Phi) is 4.11. The Morgan fingerprint density at radius 1 is 1.14 bits per heavy atom. The van der Waals surface area contributed by atoms with Crippen molar-refractivity contribution in [3.8, 4) is 5.75 Å². The Morgan fingerprint density at radius 2 is 2.00 bits per heavy atom. The number of nitrogens with zero attached hydrogens (tertiary/aromatic N) is 1. The van der Waals surface area contributed by atoms with Gasteiger partial charge in [0.1, 0.15) is 12.4 Å². The van der Waals surface area contributed by atoms with Gasteiger partial charge in [-0.05, 0) is 25.6 Å². The van der Waals surface area contributed by atoms with Gasteiger partial charge in [-0.25, -0.2) is 0 Å². The average Bonchev–Trinajstić information content (AvgIpc) is 2.47. The standard InChI is InChI=1S/C18H22N2O/c1-14-5-3-6-15(11-14)12-20(2)13-16-7-4-8-17-18(16)21-10-9-19-17/h3-8,11,19H,9-10,12-13H2,1-2H3. The molecular formula is C18H22N2O. The number of hydrogen-bond donors (Lipinski definition) is 1. The van der Waals surface area contributed by atoms with Crippen molar-refractivity contribution in [2.45, 2.75) is 20.0 Å². The average molecular weight is 282 g/mol. The first-order valence-corrected chi connectivity index (χ1v) is 7.45. The molecule has 0 saturated carbocycles. The Bertz CT molecular complexity index is 624. The van der Waals surface area contributed by atoms with E-state index in [-0.39, 0.29) is 0 Å².